The molecule has 0 fully saturated rings. The van der Waals surface area contributed by atoms with Crippen LogP contribution in [0.5, 0.6) is 0 Å². The smallest absolute Gasteiger partial charge is 0.131 e. The lowest BCUT2D eigenvalue weighted by atomic mass is 10.1. The minimum absolute atomic E-state index is 0.755. The first-order valence-corrected chi connectivity index (χ1v) is 8.43. The molecule has 0 aliphatic carbocycles. The molecule has 1 N–H and O–H groups in total. The number of halogens is 1. The monoisotopic (exact) mass is 299 g/mol. The van der Waals surface area contributed by atoms with Crippen molar-refractivity contribution in [3.05, 3.63) is 16.4 Å². The molecule has 0 saturated heterocycles. The summed E-state index contributed by atoms with van der Waals surface area (Å²) in [5.74, 6) is 0. The van der Waals surface area contributed by atoms with Crippen LogP contribution in [0.1, 0.15) is 69.5 Å². The standard InChI is InChI=1S/C16H30ClN3/c1-4-5-6-7-8-9-10-11-12-18-13-15-14(2)19-20(3)16(15)17/h18H,4-13H2,1-3H3. The Balaban J connectivity index is 2.00. The van der Waals surface area contributed by atoms with Crippen LogP contribution in [0.15, 0.2) is 0 Å². The van der Waals surface area contributed by atoms with E-state index in [0.717, 1.165) is 29.5 Å². The number of aryl methyl sites for hydroxylation is 2. The molecule has 0 radical (unpaired) electrons. The van der Waals surface area contributed by atoms with E-state index in [1.165, 1.54) is 51.4 Å². The fraction of sp³-hybridized carbons (Fsp3) is 0.812. The zero-order chi connectivity index (χ0) is 14.8. The van der Waals surface area contributed by atoms with Gasteiger partial charge in [0.2, 0.25) is 0 Å². The molecule has 3 nitrogen and oxygen atoms in total. The lowest BCUT2D eigenvalue weighted by molar-refractivity contribution is 0.555. The Morgan fingerprint density at radius 3 is 2.20 bits per heavy atom. The Labute approximate surface area is 129 Å². The van der Waals surface area contributed by atoms with Crippen molar-refractivity contribution in [1.29, 1.82) is 0 Å². The molecule has 0 saturated carbocycles. The molecule has 4 heteroatoms. The van der Waals surface area contributed by atoms with E-state index in [-0.39, 0.29) is 0 Å². The third kappa shape index (κ3) is 6.27. The van der Waals surface area contributed by atoms with Crippen LogP contribution < -0.4 is 5.32 Å². The molecule has 116 valence electrons. The summed E-state index contributed by atoms with van der Waals surface area (Å²) in [7, 11) is 1.89. The minimum Gasteiger partial charge on any atom is -0.312 e. The largest absolute Gasteiger partial charge is 0.312 e. The van der Waals surface area contributed by atoms with Crippen LogP contribution in [0.3, 0.4) is 0 Å². The van der Waals surface area contributed by atoms with Crippen LogP contribution in [-0.4, -0.2) is 16.3 Å². The van der Waals surface area contributed by atoms with Crippen LogP contribution in [-0.2, 0) is 13.6 Å². The van der Waals surface area contributed by atoms with Gasteiger partial charge in [0, 0.05) is 19.2 Å². The van der Waals surface area contributed by atoms with Crippen molar-refractivity contribution < 1.29 is 0 Å². The summed E-state index contributed by atoms with van der Waals surface area (Å²) in [6.07, 6.45) is 10.9. The van der Waals surface area contributed by atoms with E-state index in [1.807, 2.05) is 14.0 Å². The Morgan fingerprint density at radius 2 is 1.65 bits per heavy atom. The quantitative estimate of drug-likeness (QED) is 0.605. The van der Waals surface area contributed by atoms with Crippen LogP contribution in [0.4, 0.5) is 0 Å². The molecule has 0 bridgehead atoms. The van der Waals surface area contributed by atoms with E-state index >= 15 is 0 Å². The number of aromatic nitrogens is 2. The highest BCUT2D eigenvalue weighted by atomic mass is 35.5. The SMILES string of the molecule is CCCCCCCCCCNCc1c(C)nn(C)c1Cl. The van der Waals surface area contributed by atoms with Gasteiger partial charge in [-0.15, -0.1) is 0 Å². The number of rotatable bonds is 11. The first-order chi connectivity index (χ1) is 9.66. The Hall–Kier alpha value is -0.540. The highest BCUT2D eigenvalue weighted by molar-refractivity contribution is 6.30. The normalized spacial score (nSPS) is 11.2. The van der Waals surface area contributed by atoms with Gasteiger partial charge in [0.1, 0.15) is 5.15 Å². The molecule has 1 rings (SSSR count). The van der Waals surface area contributed by atoms with Crippen LogP contribution in [0, 0.1) is 6.92 Å². The highest BCUT2D eigenvalue weighted by Gasteiger charge is 2.09. The molecule has 0 aromatic carbocycles. The molecule has 0 unspecified atom stereocenters. The average Bonchev–Trinajstić information content (AvgIpc) is 2.67. The topological polar surface area (TPSA) is 29.9 Å². The van der Waals surface area contributed by atoms with Crippen molar-refractivity contribution in [3.63, 3.8) is 0 Å². The number of hydrogen-bond donors (Lipinski definition) is 1. The second-order valence-electron chi connectivity index (χ2n) is 5.63. The number of nitrogens with one attached hydrogen (secondary N) is 1. The van der Waals surface area contributed by atoms with Gasteiger partial charge < -0.3 is 5.32 Å². The fourth-order valence-corrected chi connectivity index (χ4v) is 2.71. The van der Waals surface area contributed by atoms with Gasteiger partial charge in [-0.1, -0.05) is 63.5 Å². The maximum atomic E-state index is 6.20. The van der Waals surface area contributed by atoms with Gasteiger partial charge in [0.15, 0.2) is 0 Å². The number of hydrogen-bond acceptors (Lipinski definition) is 2. The molecule has 0 aliphatic rings. The maximum absolute atomic E-state index is 6.20. The summed E-state index contributed by atoms with van der Waals surface area (Å²) in [4.78, 5) is 0. The van der Waals surface area contributed by atoms with Crippen LogP contribution in [0.2, 0.25) is 5.15 Å². The summed E-state index contributed by atoms with van der Waals surface area (Å²) < 4.78 is 1.74. The van der Waals surface area contributed by atoms with Gasteiger partial charge in [-0.25, -0.2) is 0 Å². The number of nitrogens with zero attached hydrogens (tertiary/aromatic N) is 2. The Bertz CT molecular complexity index is 374. The molecule has 0 spiro atoms. The van der Waals surface area contributed by atoms with E-state index in [1.54, 1.807) is 4.68 Å². The third-order valence-electron chi connectivity index (χ3n) is 3.78. The molecule has 0 atom stereocenters. The molecule has 0 aliphatic heterocycles. The molecule has 1 aromatic heterocycles. The van der Waals surface area contributed by atoms with E-state index in [0.29, 0.717) is 0 Å². The zero-order valence-corrected chi connectivity index (χ0v) is 14.1. The second-order valence-corrected chi connectivity index (χ2v) is 5.99. The predicted octanol–water partition coefficient (Wildman–Crippen LogP) is 4.61. The van der Waals surface area contributed by atoms with Gasteiger partial charge in [-0.05, 0) is 19.9 Å². The van der Waals surface area contributed by atoms with Crippen molar-refractivity contribution >= 4 is 11.6 Å². The zero-order valence-electron chi connectivity index (χ0n) is 13.3. The number of unbranched alkanes of at least 4 members (excludes halogenated alkanes) is 7. The van der Waals surface area contributed by atoms with E-state index in [4.69, 9.17) is 11.6 Å². The van der Waals surface area contributed by atoms with Crippen molar-refractivity contribution in [2.75, 3.05) is 6.54 Å². The van der Waals surface area contributed by atoms with Gasteiger partial charge in [0.05, 0.1) is 5.69 Å². The molecule has 20 heavy (non-hydrogen) atoms. The molecular formula is C16H30ClN3. The van der Waals surface area contributed by atoms with Crippen molar-refractivity contribution in [2.45, 2.75) is 71.8 Å². The first-order valence-electron chi connectivity index (χ1n) is 8.05. The Kier molecular flexibility index (Phi) is 8.95. The van der Waals surface area contributed by atoms with Crippen molar-refractivity contribution in [1.82, 2.24) is 15.1 Å². The molecule has 0 amide bonds. The van der Waals surface area contributed by atoms with Gasteiger partial charge in [0.25, 0.3) is 0 Å². The summed E-state index contributed by atoms with van der Waals surface area (Å²) in [5, 5.41) is 8.54. The molecule has 1 aromatic rings. The predicted molar refractivity (Wildman–Crippen MR) is 87.3 cm³/mol. The lowest BCUT2D eigenvalue weighted by Crippen LogP contribution is -2.15. The van der Waals surface area contributed by atoms with E-state index in [9.17, 15) is 0 Å². The summed E-state index contributed by atoms with van der Waals surface area (Å²) in [5.41, 5.74) is 2.16. The summed E-state index contributed by atoms with van der Waals surface area (Å²) in [6, 6.07) is 0. The van der Waals surface area contributed by atoms with Gasteiger partial charge in [-0.2, -0.15) is 5.10 Å². The van der Waals surface area contributed by atoms with E-state index < -0.39 is 0 Å². The third-order valence-corrected chi connectivity index (χ3v) is 4.25. The molecule has 1 heterocycles. The van der Waals surface area contributed by atoms with Crippen LogP contribution in [0.25, 0.3) is 0 Å². The van der Waals surface area contributed by atoms with Crippen molar-refractivity contribution in [2.24, 2.45) is 7.05 Å². The molecular weight excluding hydrogens is 270 g/mol. The fourth-order valence-electron chi connectivity index (χ4n) is 2.47. The van der Waals surface area contributed by atoms with E-state index in [2.05, 4.69) is 17.3 Å². The first kappa shape index (κ1) is 17.5. The summed E-state index contributed by atoms with van der Waals surface area (Å²) >= 11 is 6.20. The van der Waals surface area contributed by atoms with Gasteiger partial charge in [-0.3, -0.25) is 4.68 Å². The Morgan fingerprint density at radius 1 is 1.05 bits per heavy atom. The maximum Gasteiger partial charge on any atom is 0.131 e. The van der Waals surface area contributed by atoms with Crippen molar-refractivity contribution in [3.8, 4) is 0 Å². The minimum atomic E-state index is 0.755. The highest BCUT2D eigenvalue weighted by Crippen LogP contribution is 2.18. The van der Waals surface area contributed by atoms with Crippen LogP contribution >= 0.6 is 11.6 Å². The van der Waals surface area contributed by atoms with Gasteiger partial charge >= 0.3 is 0 Å². The summed E-state index contributed by atoms with van der Waals surface area (Å²) in [6.45, 7) is 6.18. The average molecular weight is 300 g/mol. The second kappa shape index (κ2) is 10.2. The lowest BCUT2D eigenvalue weighted by Gasteiger charge is -2.05.